The Morgan fingerprint density at radius 3 is 1.20 bits per heavy atom. The van der Waals surface area contributed by atoms with Crippen molar-refractivity contribution >= 4 is 59.8 Å². The van der Waals surface area contributed by atoms with Gasteiger partial charge in [-0.1, -0.05) is 0 Å². The largest absolute Gasteiger partial charge is 2.00 e. The summed E-state index contributed by atoms with van der Waals surface area (Å²) in [5.74, 6) is 0. The average molecular weight is 144 g/mol. The molecule has 24 valence electrons. The second kappa shape index (κ2) is 31.9. The van der Waals surface area contributed by atoms with E-state index in [-0.39, 0.29) is 88.5 Å². The molecular weight excluding hydrogens is 135 g/mol. The third-order valence-corrected chi connectivity index (χ3v) is 0. The van der Waals surface area contributed by atoms with E-state index in [0.29, 0.717) is 0 Å². The number of rotatable bonds is 0. The van der Waals surface area contributed by atoms with E-state index in [1.54, 1.807) is 0 Å². The smallest absolute Gasteiger partial charge is 1.00 e. The van der Waals surface area contributed by atoms with Gasteiger partial charge in [0, 0.05) is 34.3 Å². The maximum Gasteiger partial charge on any atom is 2.00 e. The van der Waals surface area contributed by atoms with E-state index in [1.165, 1.54) is 0 Å². The summed E-state index contributed by atoms with van der Waals surface area (Å²) in [5, 5.41) is 0. The average Bonchev–Trinajstić information content (AvgIpc) is 0. The molecule has 0 heterocycles. The minimum atomic E-state index is 0. The monoisotopic (exact) mass is 144 g/mol. The van der Waals surface area contributed by atoms with Crippen LogP contribution in [0.2, 0.25) is 0 Å². The van der Waals surface area contributed by atoms with Crippen molar-refractivity contribution in [1.29, 1.82) is 0 Å². The summed E-state index contributed by atoms with van der Waals surface area (Å²) in [7, 11) is 0. The molecule has 0 aliphatic heterocycles. The van der Waals surface area contributed by atoms with Crippen molar-refractivity contribution in [3.63, 3.8) is 0 Å². The van der Waals surface area contributed by atoms with E-state index < -0.39 is 0 Å². The maximum absolute atomic E-state index is 0. The summed E-state index contributed by atoms with van der Waals surface area (Å²) in [6, 6.07) is 0. The van der Waals surface area contributed by atoms with Crippen molar-refractivity contribution in [3.05, 3.63) is 0 Å². The van der Waals surface area contributed by atoms with E-state index >= 15 is 0 Å². The van der Waals surface area contributed by atoms with Gasteiger partial charge in [-0.2, -0.15) is 0 Å². The Labute approximate surface area is 87.5 Å². The van der Waals surface area contributed by atoms with Gasteiger partial charge in [0.15, 0.2) is 17.4 Å². The van der Waals surface area contributed by atoms with Crippen LogP contribution in [0.15, 0.2) is 0 Å². The molecule has 0 rings (SSSR count). The molecule has 4 radical (unpaired) electrons. The van der Waals surface area contributed by atoms with Crippen molar-refractivity contribution in [2.75, 3.05) is 0 Å². The second-order valence-corrected chi connectivity index (χ2v) is 0. The van der Waals surface area contributed by atoms with Crippen molar-refractivity contribution in [2.24, 2.45) is 0 Å². The molecule has 0 spiro atoms. The van der Waals surface area contributed by atoms with Gasteiger partial charge in [-0.05, 0) is 11.0 Å². The second-order valence-electron chi connectivity index (χ2n) is 0. The number of hydrogen-bond acceptors (Lipinski definition) is 0. The molecule has 0 bridgehead atoms. The first-order chi connectivity index (χ1) is 0. The molecule has 0 N–H and O–H groups in total. The summed E-state index contributed by atoms with van der Waals surface area (Å²) in [6.07, 6.45) is 0. The van der Waals surface area contributed by atoms with Gasteiger partial charge in [-0.15, -0.1) is 0 Å². The third kappa shape index (κ3) is 21.3. The van der Waals surface area contributed by atoms with Crippen LogP contribution in [0.3, 0.4) is 0 Å². The van der Waals surface area contributed by atoms with Gasteiger partial charge in [0.1, 0.15) is 0 Å². The Kier molecular flexibility index (Phi) is 329. The molecule has 0 aromatic rings. The Hall–Kier alpha value is 2.45. The standard InChI is InChI=1S/Al.B.Mg.Sc.H4Si.5H/h;;;;1H4;;;;;/q;;+2;;;;;;2*-1. The zero-order chi connectivity index (χ0) is 0. The first-order valence-corrected chi connectivity index (χ1v) is 0. The Morgan fingerprint density at radius 1 is 1.20 bits per heavy atom. The fourth-order valence-electron chi connectivity index (χ4n) is 0. The summed E-state index contributed by atoms with van der Waals surface area (Å²) in [5.41, 5.74) is 0. The van der Waals surface area contributed by atoms with Crippen molar-refractivity contribution in [3.8, 4) is 0 Å². The number of hydrogen-bond donors (Lipinski definition) is 0. The molecule has 5 heteroatoms. The topological polar surface area (TPSA) is 0 Å². The normalized spacial score (nSPS) is 0. The SMILES string of the molecule is [AlH3].[B].[H-].[H-].[Mg+2].[Sc].[SiH4]. The molecule has 0 aromatic heterocycles. The van der Waals surface area contributed by atoms with Gasteiger partial charge in [-0.25, -0.2) is 0 Å². The van der Waals surface area contributed by atoms with Crippen molar-refractivity contribution < 1.29 is 28.7 Å². The predicted molar refractivity (Wildman–Crippen MR) is 35.0 cm³/mol. The minimum absolute atomic E-state index is 0. The summed E-state index contributed by atoms with van der Waals surface area (Å²) in [4.78, 5) is 0. The minimum Gasteiger partial charge on any atom is -1.00 e. The molecule has 0 saturated heterocycles. The summed E-state index contributed by atoms with van der Waals surface area (Å²) < 4.78 is 0. The Bertz CT molecular complexity index is 17.7. The zero-order valence-corrected chi connectivity index (χ0v) is 5.08. The van der Waals surface area contributed by atoms with Crippen LogP contribution >= 0.6 is 0 Å². The van der Waals surface area contributed by atoms with Gasteiger partial charge in [0.05, 0.1) is 0 Å². The molecule has 5 heavy (non-hydrogen) atoms. The van der Waals surface area contributed by atoms with Crippen LogP contribution < -0.4 is 0 Å². The fraction of sp³-hybridized carbons (Fsp3) is 0. The van der Waals surface area contributed by atoms with Gasteiger partial charge in [-0.3, -0.25) is 0 Å². The van der Waals surface area contributed by atoms with Crippen LogP contribution in [0, 0.1) is 0 Å². The van der Waals surface area contributed by atoms with E-state index in [2.05, 4.69) is 0 Å². The van der Waals surface area contributed by atoms with Gasteiger partial charge in [0.2, 0.25) is 0 Å². The van der Waals surface area contributed by atoms with Crippen LogP contribution in [-0.4, -0.2) is 59.8 Å². The first-order valence-electron chi connectivity index (χ1n) is 0. The first kappa shape index (κ1) is 51.6. The van der Waals surface area contributed by atoms with E-state index in [9.17, 15) is 0 Å². The van der Waals surface area contributed by atoms with Crippen LogP contribution in [0.4, 0.5) is 0 Å². The molecule has 0 aliphatic rings. The Morgan fingerprint density at radius 2 is 1.20 bits per heavy atom. The molecular formula is H9AlBMgScSi. The maximum atomic E-state index is 0. The van der Waals surface area contributed by atoms with Crippen LogP contribution in [0.25, 0.3) is 0 Å². The van der Waals surface area contributed by atoms with Crippen molar-refractivity contribution in [1.82, 2.24) is 0 Å². The van der Waals surface area contributed by atoms with Crippen LogP contribution in [-0.2, 0) is 25.8 Å². The van der Waals surface area contributed by atoms with Gasteiger partial charge in [0.25, 0.3) is 0 Å². The molecule has 0 amide bonds. The van der Waals surface area contributed by atoms with E-state index in [4.69, 9.17) is 0 Å². The van der Waals surface area contributed by atoms with E-state index in [0.717, 1.165) is 0 Å². The fourth-order valence-corrected chi connectivity index (χ4v) is 0. The molecule has 0 nitrogen and oxygen atoms in total. The van der Waals surface area contributed by atoms with E-state index in [1.807, 2.05) is 0 Å². The predicted octanol–water partition coefficient (Wildman–Crippen LogP) is -3.17. The zero-order valence-electron chi connectivity index (χ0n) is 3.86. The summed E-state index contributed by atoms with van der Waals surface area (Å²) >= 11 is 0. The van der Waals surface area contributed by atoms with Gasteiger partial charge < -0.3 is 2.85 Å². The quantitative estimate of drug-likeness (QED) is 0.315. The molecule has 0 unspecified atom stereocenters. The van der Waals surface area contributed by atoms with Gasteiger partial charge >= 0.3 is 23.1 Å². The molecule has 0 aliphatic carbocycles. The van der Waals surface area contributed by atoms with Crippen LogP contribution in [0.5, 0.6) is 0 Å². The third-order valence-electron chi connectivity index (χ3n) is 0. The summed E-state index contributed by atoms with van der Waals surface area (Å²) in [6.45, 7) is 0. The molecule has 0 fully saturated rings. The van der Waals surface area contributed by atoms with Crippen molar-refractivity contribution in [2.45, 2.75) is 0 Å². The molecule has 0 saturated carbocycles. The molecule has 0 atom stereocenters. The Balaban J connectivity index is 0. The van der Waals surface area contributed by atoms with Crippen LogP contribution in [0.1, 0.15) is 2.85 Å². The molecule has 0 aromatic carbocycles.